The lowest BCUT2D eigenvalue weighted by atomic mass is 10.1. The van der Waals surface area contributed by atoms with Crippen molar-refractivity contribution in [1.82, 2.24) is 19.6 Å². The molecule has 0 aliphatic carbocycles. The maximum Gasteiger partial charge on any atom is 0.253 e. The van der Waals surface area contributed by atoms with Gasteiger partial charge >= 0.3 is 0 Å². The Morgan fingerprint density at radius 3 is 2.77 bits per heavy atom. The van der Waals surface area contributed by atoms with E-state index in [1.807, 2.05) is 26.0 Å². The number of rotatable bonds is 6. The lowest BCUT2D eigenvalue weighted by Gasteiger charge is -2.22. The van der Waals surface area contributed by atoms with Crippen LogP contribution in [-0.4, -0.2) is 37.8 Å². The predicted molar refractivity (Wildman–Crippen MR) is 100 cm³/mol. The molecule has 0 unspecified atom stereocenters. The molecule has 0 saturated heterocycles. The summed E-state index contributed by atoms with van der Waals surface area (Å²) in [6.45, 7) is 4.34. The number of aryl methyl sites for hydroxylation is 2. The Kier molecular flexibility index (Phi) is 5.49. The van der Waals surface area contributed by atoms with Crippen LogP contribution in [0.25, 0.3) is 5.78 Å². The molecule has 7 nitrogen and oxygen atoms in total. The van der Waals surface area contributed by atoms with Crippen molar-refractivity contribution in [1.29, 1.82) is 5.26 Å². The summed E-state index contributed by atoms with van der Waals surface area (Å²) in [4.78, 5) is 22.8. The van der Waals surface area contributed by atoms with Crippen molar-refractivity contribution in [2.45, 2.75) is 25.4 Å². The summed E-state index contributed by atoms with van der Waals surface area (Å²) in [6.07, 6.45) is 3.68. The molecule has 1 amide bonds. The van der Waals surface area contributed by atoms with Gasteiger partial charge in [-0.05, 0) is 43.2 Å². The third-order valence-corrected chi connectivity index (χ3v) is 4.51. The quantitative estimate of drug-likeness (QED) is 0.624. The fourth-order valence-corrected chi connectivity index (χ4v) is 3.35. The van der Waals surface area contributed by atoms with Gasteiger partial charge in [-0.1, -0.05) is 17.8 Å². The Labute approximate surface area is 155 Å². The summed E-state index contributed by atoms with van der Waals surface area (Å²) in [7, 11) is 0. The number of fused-ring (bicyclic) bond motifs is 1. The number of anilines is 1. The molecular formula is C18H18N6OS. The van der Waals surface area contributed by atoms with Crippen LogP contribution in [0.1, 0.15) is 17.5 Å². The van der Waals surface area contributed by atoms with Gasteiger partial charge in [0.15, 0.2) is 0 Å². The van der Waals surface area contributed by atoms with E-state index in [0.717, 1.165) is 16.8 Å². The van der Waals surface area contributed by atoms with Crippen LogP contribution in [0.5, 0.6) is 0 Å². The molecule has 3 aromatic rings. The fourth-order valence-electron chi connectivity index (χ4n) is 2.65. The van der Waals surface area contributed by atoms with Gasteiger partial charge in [0, 0.05) is 24.6 Å². The summed E-state index contributed by atoms with van der Waals surface area (Å²) >= 11 is 1.26. The molecule has 0 aliphatic rings. The van der Waals surface area contributed by atoms with E-state index in [-0.39, 0.29) is 18.1 Å². The van der Waals surface area contributed by atoms with Gasteiger partial charge in [-0.3, -0.25) is 4.79 Å². The van der Waals surface area contributed by atoms with Gasteiger partial charge in [-0.15, -0.1) is 5.10 Å². The number of aromatic nitrogens is 4. The molecule has 0 aliphatic heterocycles. The van der Waals surface area contributed by atoms with Crippen molar-refractivity contribution in [2.75, 3.05) is 17.2 Å². The zero-order chi connectivity index (χ0) is 18.5. The van der Waals surface area contributed by atoms with Crippen molar-refractivity contribution in [3.05, 3.63) is 47.8 Å². The molecular weight excluding hydrogens is 348 g/mol. The Bertz CT molecular complexity index is 924. The van der Waals surface area contributed by atoms with Crippen molar-refractivity contribution < 1.29 is 4.79 Å². The van der Waals surface area contributed by atoms with Gasteiger partial charge in [0.05, 0.1) is 18.2 Å². The van der Waals surface area contributed by atoms with Crippen LogP contribution in [0.15, 0.2) is 41.8 Å². The highest BCUT2D eigenvalue weighted by atomic mass is 32.2. The fraction of sp³-hybridized carbons (Fsp3) is 0.278. The van der Waals surface area contributed by atoms with Gasteiger partial charge in [0.2, 0.25) is 11.1 Å². The van der Waals surface area contributed by atoms with Crippen molar-refractivity contribution in [2.24, 2.45) is 0 Å². The summed E-state index contributed by atoms with van der Waals surface area (Å²) in [5.41, 5.74) is 2.97. The number of thioether (sulfide) groups is 1. The van der Waals surface area contributed by atoms with E-state index in [9.17, 15) is 4.79 Å². The minimum absolute atomic E-state index is 0.0814. The van der Waals surface area contributed by atoms with Crippen LogP contribution < -0.4 is 4.90 Å². The van der Waals surface area contributed by atoms with E-state index in [4.69, 9.17) is 5.26 Å². The molecule has 0 bridgehead atoms. The molecule has 2 aromatic heterocycles. The molecule has 132 valence electrons. The molecule has 2 heterocycles. The number of carbonyl (C=O) groups excluding carboxylic acids is 1. The van der Waals surface area contributed by atoms with Gasteiger partial charge in [0.25, 0.3) is 5.78 Å². The van der Waals surface area contributed by atoms with E-state index in [1.54, 1.807) is 27.9 Å². The Morgan fingerprint density at radius 1 is 1.31 bits per heavy atom. The van der Waals surface area contributed by atoms with E-state index < -0.39 is 0 Å². The Hall–Kier alpha value is -2.92. The highest BCUT2D eigenvalue weighted by Crippen LogP contribution is 2.22. The monoisotopic (exact) mass is 366 g/mol. The maximum atomic E-state index is 12.8. The minimum atomic E-state index is -0.0814. The van der Waals surface area contributed by atoms with Crippen molar-refractivity contribution in [3.8, 4) is 6.07 Å². The Morgan fingerprint density at radius 2 is 2.08 bits per heavy atom. The predicted octanol–water partition coefficient (Wildman–Crippen LogP) is 2.78. The summed E-state index contributed by atoms with van der Waals surface area (Å²) in [6, 6.07) is 9.85. The molecule has 0 saturated carbocycles. The Balaban J connectivity index is 1.75. The zero-order valence-corrected chi connectivity index (χ0v) is 15.4. The number of nitrogens with zero attached hydrogens (tertiary/aromatic N) is 6. The lowest BCUT2D eigenvalue weighted by Crippen LogP contribution is -2.33. The number of amides is 1. The SMILES string of the molecule is Cc1cc(C)cc(N(CCC#N)C(=O)CSc2nc3ncccn3n2)c1. The molecule has 0 fully saturated rings. The highest BCUT2D eigenvalue weighted by molar-refractivity contribution is 7.99. The average Bonchev–Trinajstić information content (AvgIpc) is 3.02. The standard InChI is InChI=1S/C18H18N6OS/c1-13-9-14(2)11-15(10-13)23(7-3-5-19)16(25)12-26-18-21-17-20-6-4-8-24(17)22-18/h4,6,8-11H,3,7,12H2,1-2H3. The first kappa shape index (κ1) is 17.9. The van der Waals surface area contributed by atoms with Crippen LogP contribution in [0.2, 0.25) is 0 Å². The van der Waals surface area contributed by atoms with Crippen LogP contribution in [0.3, 0.4) is 0 Å². The van der Waals surface area contributed by atoms with E-state index in [1.165, 1.54) is 11.8 Å². The van der Waals surface area contributed by atoms with Crippen LogP contribution in [0.4, 0.5) is 5.69 Å². The van der Waals surface area contributed by atoms with E-state index in [0.29, 0.717) is 17.5 Å². The molecule has 26 heavy (non-hydrogen) atoms. The molecule has 3 rings (SSSR count). The molecule has 1 aromatic carbocycles. The maximum absolute atomic E-state index is 12.8. The molecule has 0 radical (unpaired) electrons. The van der Waals surface area contributed by atoms with Gasteiger partial charge in [-0.2, -0.15) is 10.2 Å². The van der Waals surface area contributed by atoms with E-state index >= 15 is 0 Å². The highest BCUT2D eigenvalue weighted by Gasteiger charge is 2.17. The van der Waals surface area contributed by atoms with Crippen LogP contribution >= 0.6 is 11.8 Å². The number of carbonyl (C=O) groups is 1. The molecule has 0 atom stereocenters. The summed E-state index contributed by atoms with van der Waals surface area (Å²) < 4.78 is 1.57. The number of hydrogen-bond acceptors (Lipinski definition) is 6. The topological polar surface area (TPSA) is 87.2 Å². The lowest BCUT2D eigenvalue weighted by molar-refractivity contribution is -0.116. The molecule has 0 N–H and O–H groups in total. The average molecular weight is 366 g/mol. The second kappa shape index (κ2) is 7.97. The summed E-state index contributed by atoms with van der Waals surface area (Å²) in [5, 5.41) is 13.7. The summed E-state index contributed by atoms with van der Waals surface area (Å²) in [5.74, 6) is 0.607. The first-order valence-corrected chi connectivity index (χ1v) is 9.11. The van der Waals surface area contributed by atoms with Crippen molar-refractivity contribution in [3.63, 3.8) is 0 Å². The zero-order valence-electron chi connectivity index (χ0n) is 14.6. The third kappa shape index (κ3) is 4.18. The number of nitriles is 1. The normalized spacial score (nSPS) is 10.7. The van der Waals surface area contributed by atoms with Gasteiger partial charge in [-0.25, -0.2) is 9.50 Å². The van der Waals surface area contributed by atoms with Gasteiger partial charge in [0.1, 0.15) is 0 Å². The molecule has 0 spiro atoms. The second-order valence-electron chi connectivity index (χ2n) is 5.85. The number of hydrogen-bond donors (Lipinski definition) is 0. The first-order valence-electron chi connectivity index (χ1n) is 8.12. The van der Waals surface area contributed by atoms with Gasteiger partial charge < -0.3 is 4.90 Å². The van der Waals surface area contributed by atoms with E-state index in [2.05, 4.69) is 27.2 Å². The second-order valence-corrected chi connectivity index (χ2v) is 6.79. The largest absolute Gasteiger partial charge is 0.311 e. The minimum Gasteiger partial charge on any atom is -0.311 e. The third-order valence-electron chi connectivity index (χ3n) is 3.69. The molecule has 8 heteroatoms. The first-order chi connectivity index (χ1) is 12.6. The number of benzene rings is 1. The van der Waals surface area contributed by atoms with Crippen LogP contribution in [-0.2, 0) is 4.79 Å². The van der Waals surface area contributed by atoms with Crippen LogP contribution in [0, 0.1) is 25.2 Å². The smallest absolute Gasteiger partial charge is 0.253 e. The van der Waals surface area contributed by atoms with Crippen molar-refractivity contribution >= 4 is 29.1 Å².